The minimum Gasteiger partial charge on any atom is -0.394 e. The fourth-order valence-electron chi connectivity index (χ4n) is 1.92. The van der Waals surface area contributed by atoms with E-state index in [1.807, 2.05) is 0 Å². The summed E-state index contributed by atoms with van der Waals surface area (Å²) in [6.45, 7) is 1.15. The molecule has 0 fully saturated rings. The number of rotatable bonds is 2. The van der Waals surface area contributed by atoms with Gasteiger partial charge in [0.15, 0.2) is 0 Å². The van der Waals surface area contributed by atoms with Crippen LogP contribution in [0.5, 0.6) is 0 Å². The van der Waals surface area contributed by atoms with Crippen LogP contribution in [-0.2, 0) is 6.42 Å². The lowest BCUT2D eigenvalue weighted by Gasteiger charge is -2.25. The van der Waals surface area contributed by atoms with Crippen LogP contribution in [0.4, 0.5) is 0 Å². The number of benzene rings is 1. The molecule has 1 aliphatic heterocycles. The number of aliphatic hydroxyl groups is 1. The van der Waals surface area contributed by atoms with Crippen LogP contribution in [0.1, 0.15) is 17.2 Å². The molecule has 0 unspecified atom stereocenters. The van der Waals surface area contributed by atoms with E-state index in [0.717, 1.165) is 13.0 Å². The molecule has 0 radical (unpaired) electrons. The van der Waals surface area contributed by atoms with Crippen molar-refractivity contribution in [2.24, 2.45) is 0 Å². The predicted molar refractivity (Wildman–Crippen MR) is 59.8 cm³/mol. The van der Waals surface area contributed by atoms with Crippen molar-refractivity contribution in [3.63, 3.8) is 0 Å². The Morgan fingerprint density at radius 1 is 1.57 bits per heavy atom. The molecule has 0 saturated heterocycles. The first-order valence-corrected chi connectivity index (χ1v) is 6.08. The third-order valence-electron chi connectivity index (χ3n) is 2.69. The van der Waals surface area contributed by atoms with E-state index < -0.39 is 0 Å². The van der Waals surface area contributed by atoms with Crippen LogP contribution in [0.2, 0.25) is 0 Å². The van der Waals surface area contributed by atoms with Gasteiger partial charge in [0.05, 0.1) is 12.6 Å². The van der Waals surface area contributed by atoms with Crippen LogP contribution in [0.3, 0.4) is 0 Å². The first kappa shape index (κ1) is 10.0. The van der Waals surface area contributed by atoms with E-state index in [4.69, 9.17) is 0 Å². The summed E-state index contributed by atoms with van der Waals surface area (Å²) in [5.41, 5.74) is 2.64. The molecule has 1 aromatic rings. The lowest BCUT2D eigenvalue weighted by Crippen LogP contribution is -2.31. The van der Waals surface area contributed by atoms with Crippen LogP contribution in [0, 0.1) is 0 Å². The molecule has 0 saturated carbocycles. The Morgan fingerprint density at radius 3 is 3.14 bits per heavy atom. The summed E-state index contributed by atoms with van der Waals surface area (Å²) in [4.78, 5) is 1.31. The zero-order valence-corrected chi connectivity index (χ0v) is 9.10. The van der Waals surface area contributed by atoms with Gasteiger partial charge in [0.2, 0.25) is 0 Å². The molecule has 2 N–H and O–H groups in total. The average molecular weight is 209 g/mol. The minimum atomic E-state index is 0.134. The van der Waals surface area contributed by atoms with Crippen LogP contribution in [-0.4, -0.2) is 24.5 Å². The van der Waals surface area contributed by atoms with Gasteiger partial charge < -0.3 is 10.4 Å². The maximum atomic E-state index is 9.20. The fourth-order valence-corrected chi connectivity index (χ4v) is 2.38. The Kier molecular flexibility index (Phi) is 3.11. The van der Waals surface area contributed by atoms with Crippen molar-refractivity contribution in [2.45, 2.75) is 17.4 Å². The van der Waals surface area contributed by atoms with E-state index in [2.05, 4.69) is 29.8 Å². The van der Waals surface area contributed by atoms with Gasteiger partial charge >= 0.3 is 0 Å². The van der Waals surface area contributed by atoms with Gasteiger partial charge in [0.1, 0.15) is 0 Å². The zero-order chi connectivity index (χ0) is 9.97. The van der Waals surface area contributed by atoms with Gasteiger partial charge in [-0.05, 0) is 42.5 Å². The molecule has 0 aromatic heterocycles. The Labute approximate surface area is 88.7 Å². The van der Waals surface area contributed by atoms with E-state index >= 15 is 0 Å². The van der Waals surface area contributed by atoms with Crippen molar-refractivity contribution < 1.29 is 5.11 Å². The molecule has 3 heteroatoms. The Bertz CT molecular complexity index is 327. The van der Waals surface area contributed by atoms with Crippen molar-refractivity contribution in [1.29, 1.82) is 0 Å². The Morgan fingerprint density at radius 2 is 2.43 bits per heavy atom. The smallest absolute Gasteiger partial charge is 0.0626 e. The van der Waals surface area contributed by atoms with Gasteiger partial charge in [-0.2, -0.15) is 0 Å². The van der Waals surface area contributed by atoms with E-state index in [9.17, 15) is 5.11 Å². The Balaban J connectivity index is 2.35. The van der Waals surface area contributed by atoms with Gasteiger partial charge in [0.25, 0.3) is 0 Å². The molecule has 0 amide bonds. The lowest BCUT2D eigenvalue weighted by atomic mass is 9.95. The molecule has 0 bridgehead atoms. The topological polar surface area (TPSA) is 32.3 Å². The monoisotopic (exact) mass is 209 g/mol. The van der Waals surface area contributed by atoms with Crippen molar-refractivity contribution in [3.8, 4) is 0 Å². The molecule has 1 heterocycles. The van der Waals surface area contributed by atoms with E-state index in [1.54, 1.807) is 11.8 Å². The predicted octanol–water partition coefficient (Wildman–Crippen LogP) is 1.59. The first-order chi connectivity index (χ1) is 6.85. The molecule has 0 aliphatic carbocycles. The third kappa shape index (κ3) is 1.80. The molecule has 14 heavy (non-hydrogen) atoms. The Hall–Kier alpha value is -0.510. The van der Waals surface area contributed by atoms with Crippen LogP contribution in [0.25, 0.3) is 0 Å². The summed E-state index contributed by atoms with van der Waals surface area (Å²) in [5.74, 6) is 0. The SMILES string of the molecule is CSc1ccc2c(c1)CCN[C@@H]2CO. The summed E-state index contributed by atoms with van der Waals surface area (Å²) in [6.07, 6.45) is 3.16. The second-order valence-electron chi connectivity index (χ2n) is 3.50. The second kappa shape index (κ2) is 4.34. The minimum absolute atomic E-state index is 0.134. The molecular weight excluding hydrogens is 194 g/mol. The van der Waals surface area contributed by atoms with Crippen LogP contribution in [0.15, 0.2) is 23.1 Å². The van der Waals surface area contributed by atoms with Gasteiger partial charge in [-0.25, -0.2) is 0 Å². The number of hydrogen-bond acceptors (Lipinski definition) is 3. The van der Waals surface area contributed by atoms with Gasteiger partial charge in [-0.15, -0.1) is 11.8 Å². The molecular formula is C11H15NOS. The molecule has 76 valence electrons. The standard InChI is InChI=1S/C11H15NOS/c1-14-9-2-3-10-8(6-9)4-5-12-11(10)7-13/h2-3,6,11-13H,4-5,7H2,1H3/t11-/m1/s1. The maximum absolute atomic E-state index is 9.20. The summed E-state index contributed by atoms with van der Waals surface area (Å²) < 4.78 is 0. The number of aliphatic hydroxyl groups excluding tert-OH is 1. The van der Waals surface area contributed by atoms with Crippen LogP contribution >= 0.6 is 11.8 Å². The molecule has 0 spiro atoms. The fraction of sp³-hybridized carbons (Fsp3) is 0.455. The highest BCUT2D eigenvalue weighted by atomic mass is 32.2. The lowest BCUT2D eigenvalue weighted by molar-refractivity contribution is 0.240. The average Bonchev–Trinajstić information content (AvgIpc) is 2.27. The highest BCUT2D eigenvalue weighted by molar-refractivity contribution is 7.98. The third-order valence-corrected chi connectivity index (χ3v) is 3.42. The molecule has 1 aliphatic rings. The molecule has 1 aromatic carbocycles. The zero-order valence-electron chi connectivity index (χ0n) is 8.29. The largest absolute Gasteiger partial charge is 0.394 e. The van der Waals surface area contributed by atoms with Crippen molar-refractivity contribution >= 4 is 11.8 Å². The van der Waals surface area contributed by atoms with E-state index in [0.29, 0.717) is 0 Å². The van der Waals surface area contributed by atoms with Crippen molar-refractivity contribution in [3.05, 3.63) is 29.3 Å². The second-order valence-corrected chi connectivity index (χ2v) is 4.38. The number of hydrogen-bond donors (Lipinski definition) is 2. The number of fused-ring (bicyclic) bond motifs is 1. The quantitative estimate of drug-likeness (QED) is 0.725. The summed E-state index contributed by atoms with van der Waals surface area (Å²) in [6, 6.07) is 6.63. The molecule has 2 rings (SSSR count). The molecule has 2 nitrogen and oxygen atoms in total. The summed E-state index contributed by atoms with van der Waals surface area (Å²) >= 11 is 1.77. The van der Waals surface area contributed by atoms with Crippen molar-refractivity contribution in [2.75, 3.05) is 19.4 Å². The van der Waals surface area contributed by atoms with Gasteiger partial charge in [-0.3, -0.25) is 0 Å². The number of nitrogens with one attached hydrogen (secondary N) is 1. The highest BCUT2D eigenvalue weighted by Gasteiger charge is 2.18. The summed E-state index contributed by atoms with van der Waals surface area (Å²) in [5, 5.41) is 12.5. The molecule has 1 atom stereocenters. The van der Waals surface area contributed by atoms with Gasteiger partial charge in [-0.1, -0.05) is 6.07 Å². The first-order valence-electron chi connectivity index (χ1n) is 4.86. The van der Waals surface area contributed by atoms with E-state index in [1.165, 1.54) is 16.0 Å². The highest BCUT2D eigenvalue weighted by Crippen LogP contribution is 2.26. The van der Waals surface area contributed by atoms with Crippen molar-refractivity contribution in [1.82, 2.24) is 5.32 Å². The normalized spacial score (nSPS) is 20.6. The van der Waals surface area contributed by atoms with Crippen LogP contribution < -0.4 is 5.32 Å². The van der Waals surface area contributed by atoms with E-state index in [-0.39, 0.29) is 12.6 Å². The maximum Gasteiger partial charge on any atom is 0.0626 e. The number of thioether (sulfide) groups is 1. The summed E-state index contributed by atoms with van der Waals surface area (Å²) in [7, 11) is 0. The van der Waals surface area contributed by atoms with Gasteiger partial charge in [0, 0.05) is 4.90 Å².